The molecule has 4 amide bonds. The molecule has 0 aliphatic carbocycles. The summed E-state index contributed by atoms with van der Waals surface area (Å²) in [6, 6.07) is 15.3. The molecular formula is C23H26N4O5. The van der Waals surface area contributed by atoms with Gasteiger partial charge in [-0.05, 0) is 17.7 Å². The molecule has 2 aromatic rings. The molecule has 2 aliphatic heterocycles. The molecule has 2 aromatic carbocycles. The molecule has 0 radical (unpaired) electrons. The summed E-state index contributed by atoms with van der Waals surface area (Å²) >= 11 is 0. The molecule has 2 unspecified atom stereocenters. The van der Waals surface area contributed by atoms with Crippen LogP contribution < -0.4 is 20.5 Å². The van der Waals surface area contributed by atoms with Gasteiger partial charge in [0.15, 0.2) is 11.5 Å². The number of rotatable bonds is 5. The molecule has 2 aliphatic rings. The molecular weight excluding hydrogens is 412 g/mol. The van der Waals surface area contributed by atoms with Crippen LogP contribution in [0.4, 0.5) is 4.79 Å². The highest BCUT2D eigenvalue weighted by atomic mass is 16.6. The molecule has 1 saturated heterocycles. The number of carbonyl (C=O) groups excluding carboxylic acids is 3. The van der Waals surface area contributed by atoms with Crippen LogP contribution in [0.5, 0.6) is 11.5 Å². The molecule has 1 fully saturated rings. The molecule has 0 saturated carbocycles. The highest BCUT2D eigenvalue weighted by Crippen LogP contribution is 2.31. The number of hydrogen-bond donors (Lipinski definition) is 2. The van der Waals surface area contributed by atoms with Crippen LogP contribution in [0.2, 0.25) is 0 Å². The van der Waals surface area contributed by atoms with Crippen LogP contribution >= 0.6 is 0 Å². The normalized spacial score (nSPS) is 18.6. The molecule has 0 spiro atoms. The largest absolute Gasteiger partial charge is 0.485 e. The van der Waals surface area contributed by atoms with Crippen LogP contribution in [-0.2, 0) is 9.59 Å². The monoisotopic (exact) mass is 438 g/mol. The second kappa shape index (κ2) is 9.59. The highest BCUT2D eigenvalue weighted by Gasteiger charge is 2.33. The van der Waals surface area contributed by atoms with E-state index >= 15 is 0 Å². The minimum Gasteiger partial charge on any atom is -0.485 e. The van der Waals surface area contributed by atoms with Gasteiger partial charge in [-0.1, -0.05) is 42.5 Å². The van der Waals surface area contributed by atoms with Crippen LogP contribution in [-0.4, -0.2) is 66.5 Å². The van der Waals surface area contributed by atoms with Crippen molar-refractivity contribution in [2.45, 2.75) is 18.6 Å². The summed E-state index contributed by atoms with van der Waals surface area (Å²) < 4.78 is 11.5. The van der Waals surface area contributed by atoms with Gasteiger partial charge in [-0.15, -0.1) is 0 Å². The molecule has 9 heteroatoms. The zero-order valence-electron chi connectivity index (χ0n) is 17.6. The summed E-state index contributed by atoms with van der Waals surface area (Å²) in [5.41, 5.74) is 6.10. The Balaban J connectivity index is 1.31. The standard InChI is InChI=1S/C23H26N4O5/c24-23(30)25-17(16-6-2-1-3-7-16)14-21(28)26-10-12-27(13-11-26)22(29)20-15-31-18-8-4-5-9-19(18)32-20/h1-9,17,20H,10-15H2,(H3,24,25,30). The Hall–Kier alpha value is -3.75. The smallest absolute Gasteiger partial charge is 0.312 e. The minimum atomic E-state index is -0.700. The Kier molecular flexibility index (Phi) is 6.44. The molecule has 9 nitrogen and oxygen atoms in total. The van der Waals surface area contributed by atoms with Crippen molar-refractivity contribution in [1.82, 2.24) is 15.1 Å². The summed E-state index contributed by atoms with van der Waals surface area (Å²) in [7, 11) is 0. The van der Waals surface area contributed by atoms with E-state index in [1.165, 1.54) is 0 Å². The molecule has 32 heavy (non-hydrogen) atoms. The number of benzene rings is 2. The van der Waals surface area contributed by atoms with E-state index in [2.05, 4.69) is 5.32 Å². The third kappa shape index (κ3) is 4.93. The summed E-state index contributed by atoms with van der Waals surface area (Å²) in [4.78, 5) is 40.6. The van der Waals surface area contributed by atoms with Crippen LogP contribution in [0.3, 0.4) is 0 Å². The number of carbonyl (C=O) groups is 3. The summed E-state index contributed by atoms with van der Waals surface area (Å²) in [6.45, 7) is 1.79. The molecule has 168 valence electrons. The average molecular weight is 438 g/mol. The zero-order chi connectivity index (χ0) is 22.5. The van der Waals surface area contributed by atoms with E-state index in [0.717, 1.165) is 5.56 Å². The van der Waals surface area contributed by atoms with Crippen LogP contribution in [0.25, 0.3) is 0 Å². The van der Waals surface area contributed by atoms with Crippen molar-refractivity contribution >= 4 is 17.8 Å². The van der Waals surface area contributed by atoms with Gasteiger partial charge < -0.3 is 30.3 Å². The van der Waals surface area contributed by atoms with Gasteiger partial charge in [0.05, 0.1) is 12.5 Å². The van der Waals surface area contributed by atoms with Gasteiger partial charge in [-0.2, -0.15) is 0 Å². The van der Waals surface area contributed by atoms with E-state index in [-0.39, 0.29) is 24.8 Å². The van der Waals surface area contributed by atoms with Crippen molar-refractivity contribution < 1.29 is 23.9 Å². The number of primary amides is 1. The Morgan fingerprint density at radius 3 is 2.25 bits per heavy atom. The van der Waals surface area contributed by atoms with Crippen molar-refractivity contribution in [2.75, 3.05) is 32.8 Å². The average Bonchev–Trinajstić information content (AvgIpc) is 2.83. The van der Waals surface area contributed by atoms with Gasteiger partial charge in [0.2, 0.25) is 12.0 Å². The quantitative estimate of drug-likeness (QED) is 0.730. The van der Waals surface area contributed by atoms with Gasteiger partial charge in [0, 0.05) is 26.2 Å². The van der Waals surface area contributed by atoms with Crippen molar-refractivity contribution in [2.24, 2.45) is 5.73 Å². The first-order valence-electron chi connectivity index (χ1n) is 10.6. The van der Waals surface area contributed by atoms with E-state index in [1.54, 1.807) is 21.9 Å². The number of amides is 4. The maximum Gasteiger partial charge on any atom is 0.312 e. The SMILES string of the molecule is NC(=O)NC(CC(=O)N1CCN(C(=O)C2COc3ccccc3O2)CC1)c1ccccc1. The first-order valence-corrected chi connectivity index (χ1v) is 10.6. The summed E-state index contributed by atoms with van der Waals surface area (Å²) in [6.07, 6.45) is -0.605. The third-order valence-electron chi connectivity index (χ3n) is 5.63. The molecule has 0 bridgehead atoms. The fraction of sp³-hybridized carbons (Fsp3) is 0.348. The Labute approximate surface area is 186 Å². The number of urea groups is 1. The Morgan fingerprint density at radius 2 is 1.56 bits per heavy atom. The number of fused-ring (bicyclic) bond motifs is 1. The lowest BCUT2D eigenvalue weighted by atomic mass is 10.0. The number of ether oxygens (including phenoxy) is 2. The van der Waals surface area contributed by atoms with Gasteiger partial charge in [-0.25, -0.2) is 4.79 Å². The lowest BCUT2D eigenvalue weighted by Crippen LogP contribution is -2.55. The molecule has 4 rings (SSSR count). The van der Waals surface area contributed by atoms with E-state index in [0.29, 0.717) is 37.7 Å². The molecule has 2 atom stereocenters. The Bertz CT molecular complexity index is 975. The lowest BCUT2D eigenvalue weighted by molar-refractivity contribution is -0.146. The lowest BCUT2D eigenvalue weighted by Gasteiger charge is -2.37. The van der Waals surface area contributed by atoms with Crippen LogP contribution in [0, 0.1) is 0 Å². The van der Waals surface area contributed by atoms with E-state index in [1.807, 2.05) is 42.5 Å². The summed E-state index contributed by atoms with van der Waals surface area (Å²) in [5, 5.41) is 2.64. The highest BCUT2D eigenvalue weighted by molar-refractivity contribution is 5.83. The first-order chi connectivity index (χ1) is 15.5. The second-order valence-electron chi connectivity index (χ2n) is 7.75. The van der Waals surface area contributed by atoms with Crippen molar-refractivity contribution in [3.8, 4) is 11.5 Å². The predicted octanol–water partition coefficient (Wildman–Crippen LogP) is 1.30. The van der Waals surface area contributed by atoms with Gasteiger partial charge in [-0.3, -0.25) is 9.59 Å². The third-order valence-corrected chi connectivity index (χ3v) is 5.63. The minimum absolute atomic E-state index is 0.0945. The molecule has 2 heterocycles. The number of nitrogens with two attached hydrogens (primary N) is 1. The number of nitrogens with zero attached hydrogens (tertiary/aromatic N) is 2. The summed E-state index contributed by atoms with van der Waals surface area (Å²) in [5.74, 6) is 0.930. The van der Waals surface area contributed by atoms with Gasteiger partial charge in [0.25, 0.3) is 5.91 Å². The number of para-hydroxylation sites is 2. The second-order valence-corrected chi connectivity index (χ2v) is 7.75. The molecule has 0 aromatic heterocycles. The van der Waals surface area contributed by atoms with Crippen molar-refractivity contribution in [3.05, 3.63) is 60.2 Å². The van der Waals surface area contributed by atoms with Crippen LogP contribution in [0.1, 0.15) is 18.0 Å². The maximum absolute atomic E-state index is 12.9. The van der Waals surface area contributed by atoms with E-state index in [9.17, 15) is 14.4 Å². The van der Waals surface area contributed by atoms with Gasteiger partial charge in [0.1, 0.15) is 6.61 Å². The van der Waals surface area contributed by atoms with E-state index < -0.39 is 18.2 Å². The predicted molar refractivity (Wildman–Crippen MR) is 116 cm³/mol. The van der Waals surface area contributed by atoms with Crippen molar-refractivity contribution in [1.29, 1.82) is 0 Å². The fourth-order valence-corrected chi connectivity index (χ4v) is 3.93. The van der Waals surface area contributed by atoms with Crippen molar-refractivity contribution in [3.63, 3.8) is 0 Å². The van der Waals surface area contributed by atoms with Crippen LogP contribution in [0.15, 0.2) is 54.6 Å². The topological polar surface area (TPSA) is 114 Å². The Morgan fingerprint density at radius 1 is 0.938 bits per heavy atom. The number of hydrogen-bond acceptors (Lipinski definition) is 5. The van der Waals surface area contributed by atoms with E-state index in [4.69, 9.17) is 15.2 Å². The van der Waals surface area contributed by atoms with Gasteiger partial charge >= 0.3 is 6.03 Å². The fourth-order valence-electron chi connectivity index (χ4n) is 3.93. The maximum atomic E-state index is 12.9. The molecule has 3 N–H and O–H groups in total. The number of nitrogens with one attached hydrogen (secondary N) is 1. The first kappa shape index (κ1) is 21.5. The zero-order valence-corrected chi connectivity index (χ0v) is 17.6. The number of piperazine rings is 1.